The van der Waals surface area contributed by atoms with Crippen LogP contribution in [0.1, 0.15) is 45.6 Å². The summed E-state index contributed by atoms with van der Waals surface area (Å²) in [5.74, 6) is 1.12. The van der Waals surface area contributed by atoms with Gasteiger partial charge in [-0.05, 0) is 27.3 Å². The second-order valence-electron chi connectivity index (χ2n) is 3.57. The third-order valence-corrected chi connectivity index (χ3v) is 2.15. The topological polar surface area (TPSA) is 29.9 Å². The molecule has 0 bridgehead atoms. The predicted molar refractivity (Wildman–Crippen MR) is 54.7 cm³/mol. The third-order valence-electron chi connectivity index (χ3n) is 2.15. The average Bonchev–Trinajstić information content (AvgIpc) is 2.52. The Balaban J connectivity index is 2.80. The first-order valence-corrected chi connectivity index (χ1v) is 4.93. The van der Waals surface area contributed by atoms with Crippen LogP contribution in [0.2, 0.25) is 0 Å². The van der Waals surface area contributed by atoms with Crippen molar-refractivity contribution in [2.24, 2.45) is 0 Å². The quantitative estimate of drug-likeness (QED) is 0.771. The lowest BCUT2D eigenvalue weighted by Crippen LogP contribution is -2.22. The van der Waals surface area contributed by atoms with Crippen LogP contribution in [0.4, 0.5) is 0 Å². The zero-order chi connectivity index (χ0) is 9.84. The number of imidazole rings is 1. The molecule has 74 valence electrons. The summed E-state index contributed by atoms with van der Waals surface area (Å²) in [6.45, 7) is 9.57. The van der Waals surface area contributed by atoms with E-state index in [4.69, 9.17) is 0 Å². The van der Waals surface area contributed by atoms with Crippen LogP contribution in [-0.4, -0.2) is 16.1 Å². The molecule has 13 heavy (non-hydrogen) atoms. The van der Waals surface area contributed by atoms with Gasteiger partial charge in [0.2, 0.25) is 0 Å². The van der Waals surface area contributed by atoms with Gasteiger partial charge in [0.25, 0.3) is 0 Å². The van der Waals surface area contributed by atoms with Crippen LogP contribution in [-0.2, 0) is 0 Å². The van der Waals surface area contributed by atoms with E-state index in [-0.39, 0.29) is 0 Å². The molecular formula is C10H19N3. The monoisotopic (exact) mass is 181 g/mol. The van der Waals surface area contributed by atoms with Crippen LogP contribution < -0.4 is 5.32 Å². The highest BCUT2D eigenvalue weighted by Crippen LogP contribution is 2.14. The maximum absolute atomic E-state index is 4.36. The van der Waals surface area contributed by atoms with Gasteiger partial charge in [-0.15, -0.1) is 0 Å². The fourth-order valence-corrected chi connectivity index (χ4v) is 1.49. The Morgan fingerprint density at radius 3 is 2.69 bits per heavy atom. The smallest absolute Gasteiger partial charge is 0.125 e. The molecule has 0 radical (unpaired) electrons. The van der Waals surface area contributed by atoms with E-state index in [9.17, 15) is 0 Å². The van der Waals surface area contributed by atoms with Crippen LogP contribution in [0.15, 0.2) is 12.4 Å². The molecule has 1 aromatic heterocycles. The molecule has 1 atom stereocenters. The molecule has 1 N–H and O–H groups in total. The van der Waals surface area contributed by atoms with Gasteiger partial charge in [0.05, 0.1) is 6.04 Å². The first-order valence-electron chi connectivity index (χ1n) is 4.93. The molecule has 3 heteroatoms. The number of aromatic nitrogens is 2. The van der Waals surface area contributed by atoms with E-state index in [1.165, 1.54) is 0 Å². The average molecular weight is 181 g/mol. The summed E-state index contributed by atoms with van der Waals surface area (Å²) in [5.41, 5.74) is 0. The molecule has 1 aromatic rings. The molecule has 0 aliphatic carbocycles. The van der Waals surface area contributed by atoms with Gasteiger partial charge in [0.1, 0.15) is 5.82 Å². The minimum Gasteiger partial charge on any atom is -0.331 e. The van der Waals surface area contributed by atoms with E-state index >= 15 is 0 Å². The second kappa shape index (κ2) is 4.42. The molecule has 1 rings (SSSR count). The minimum absolute atomic E-state index is 0.336. The van der Waals surface area contributed by atoms with Gasteiger partial charge in [0, 0.05) is 18.4 Å². The van der Waals surface area contributed by atoms with Crippen molar-refractivity contribution in [3.63, 3.8) is 0 Å². The van der Waals surface area contributed by atoms with Crippen molar-refractivity contribution in [3.8, 4) is 0 Å². The van der Waals surface area contributed by atoms with Gasteiger partial charge >= 0.3 is 0 Å². The summed E-state index contributed by atoms with van der Waals surface area (Å²) in [7, 11) is 0. The Kier molecular flexibility index (Phi) is 3.48. The summed E-state index contributed by atoms with van der Waals surface area (Å²) in [6.07, 6.45) is 3.90. The highest BCUT2D eigenvalue weighted by Gasteiger charge is 2.11. The Hall–Kier alpha value is -0.830. The summed E-state index contributed by atoms with van der Waals surface area (Å²) >= 11 is 0. The Bertz CT molecular complexity index is 252. The first kappa shape index (κ1) is 10.3. The second-order valence-corrected chi connectivity index (χ2v) is 3.57. The Morgan fingerprint density at radius 1 is 1.46 bits per heavy atom. The zero-order valence-corrected chi connectivity index (χ0v) is 8.91. The van der Waals surface area contributed by atoms with Crippen molar-refractivity contribution >= 4 is 0 Å². The standard InChI is InChI=1S/C10H19N3/c1-5-11-9(4)10-12-6-7-13(10)8(2)3/h6-9,11H,5H2,1-4H3. The number of hydrogen-bond acceptors (Lipinski definition) is 2. The minimum atomic E-state index is 0.336. The Labute approximate surface area is 80.2 Å². The number of nitrogens with zero attached hydrogens (tertiary/aromatic N) is 2. The molecular weight excluding hydrogens is 162 g/mol. The zero-order valence-electron chi connectivity index (χ0n) is 8.91. The van der Waals surface area contributed by atoms with Crippen molar-refractivity contribution in [2.75, 3.05) is 6.54 Å². The van der Waals surface area contributed by atoms with Crippen molar-refractivity contribution in [1.29, 1.82) is 0 Å². The van der Waals surface area contributed by atoms with Gasteiger partial charge in [-0.1, -0.05) is 6.92 Å². The van der Waals surface area contributed by atoms with Crippen molar-refractivity contribution in [3.05, 3.63) is 18.2 Å². The van der Waals surface area contributed by atoms with Crippen LogP contribution in [0.5, 0.6) is 0 Å². The molecule has 1 heterocycles. The fourth-order valence-electron chi connectivity index (χ4n) is 1.49. The van der Waals surface area contributed by atoms with E-state index in [1.807, 2.05) is 12.4 Å². The van der Waals surface area contributed by atoms with Gasteiger partial charge in [-0.3, -0.25) is 0 Å². The highest BCUT2D eigenvalue weighted by atomic mass is 15.1. The fraction of sp³-hybridized carbons (Fsp3) is 0.700. The third kappa shape index (κ3) is 2.31. The van der Waals surface area contributed by atoms with Crippen LogP contribution >= 0.6 is 0 Å². The predicted octanol–water partition coefficient (Wildman–Crippen LogP) is 2.13. The van der Waals surface area contributed by atoms with E-state index in [0.29, 0.717) is 12.1 Å². The molecule has 0 spiro atoms. The molecule has 0 amide bonds. The van der Waals surface area contributed by atoms with E-state index in [0.717, 1.165) is 12.4 Å². The first-order chi connectivity index (χ1) is 6.16. The number of rotatable bonds is 4. The van der Waals surface area contributed by atoms with Gasteiger partial charge in [-0.2, -0.15) is 0 Å². The molecule has 3 nitrogen and oxygen atoms in total. The lowest BCUT2D eigenvalue weighted by atomic mass is 10.3. The largest absolute Gasteiger partial charge is 0.331 e. The van der Waals surface area contributed by atoms with Crippen molar-refractivity contribution in [1.82, 2.24) is 14.9 Å². The lowest BCUT2D eigenvalue weighted by Gasteiger charge is -2.16. The summed E-state index contributed by atoms with van der Waals surface area (Å²) < 4.78 is 2.20. The maximum Gasteiger partial charge on any atom is 0.125 e. The van der Waals surface area contributed by atoms with E-state index in [2.05, 4.69) is 42.6 Å². The molecule has 0 aromatic carbocycles. The number of hydrogen-bond donors (Lipinski definition) is 1. The van der Waals surface area contributed by atoms with Crippen molar-refractivity contribution < 1.29 is 0 Å². The molecule has 1 unspecified atom stereocenters. The number of nitrogens with one attached hydrogen (secondary N) is 1. The molecule has 0 fully saturated rings. The lowest BCUT2D eigenvalue weighted by molar-refractivity contribution is 0.494. The van der Waals surface area contributed by atoms with Crippen LogP contribution in [0, 0.1) is 0 Å². The summed E-state index contributed by atoms with van der Waals surface area (Å²) in [6, 6.07) is 0.820. The van der Waals surface area contributed by atoms with E-state index < -0.39 is 0 Å². The molecule has 0 aliphatic rings. The van der Waals surface area contributed by atoms with E-state index in [1.54, 1.807) is 0 Å². The Morgan fingerprint density at radius 2 is 2.15 bits per heavy atom. The van der Waals surface area contributed by atoms with Crippen molar-refractivity contribution in [2.45, 2.75) is 39.8 Å². The maximum atomic E-state index is 4.36. The van der Waals surface area contributed by atoms with Gasteiger partial charge < -0.3 is 9.88 Å². The summed E-state index contributed by atoms with van der Waals surface area (Å²) in [4.78, 5) is 4.36. The van der Waals surface area contributed by atoms with Crippen LogP contribution in [0.25, 0.3) is 0 Å². The van der Waals surface area contributed by atoms with Gasteiger partial charge in [0.15, 0.2) is 0 Å². The van der Waals surface area contributed by atoms with Crippen LogP contribution in [0.3, 0.4) is 0 Å². The highest BCUT2D eigenvalue weighted by molar-refractivity contribution is 4.99. The SMILES string of the molecule is CCNC(C)c1nccn1C(C)C. The molecule has 0 saturated carbocycles. The van der Waals surface area contributed by atoms with Gasteiger partial charge in [-0.25, -0.2) is 4.98 Å². The normalized spacial score (nSPS) is 13.6. The summed E-state index contributed by atoms with van der Waals surface area (Å²) in [5, 5.41) is 3.36. The molecule has 0 aliphatic heterocycles. The molecule has 0 saturated heterocycles.